The highest BCUT2D eigenvalue weighted by atomic mass is 32.2. The van der Waals surface area contributed by atoms with Crippen molar-refractivity contribution in [1.82, 2.24) is 4.31 Å². The van der Waals surface area contributed by atoms with E-state index in [-0.39, 0.29) is 29.8 Å². The first-order valence-corrected chi connectivity index (χ1v) is 9.25. The maximum Gasteiger partial charge on any atom is 0.387 e. The Morgan fingerprint density at radius 1 is 1.25 bits per heavy atom. The Hall–Kier alpha value is -1.29. The molecule has 0 radical (unpaired) electrons. The van der Waals surface area contributed by atoms with Crippen LogP contribution in [0, 0.1) is 0 Å². The predicted octanol–water partition coefficient (Wildman–Crippen LogP) is 1.81. The average molecular weight is 364 g/mol. The molecule has 1 aliphatic heterocycles. The summed E-state index contributed by atoms with van der Waals surface area (Å²) in [5.74, 6) is -0.339. The third kappa shape index (κ3) is 4.85. The molecular weight excluding hydrogens is 342 g/mol. The number of piperidine rings is 1. The summed E-state index contributed by atoms with van der Waals surface area (Å²) >= 11 is 0. The van der Waals surface area contributed by atoms with Crippen LogP contribution >= 0.6 is 0 Å². The minimum atomic E-state index is -3.89. The number of hydrogen-bond donors (Lipinski definition) is 1. The summed E-state index contributed by atoms with van der Waals surface area (Å²) in [6.07, 6.45) is 1.87. The number of nitrogens with two attached hydrogens (primary N) is 1. The molecule has 1 aromatic carbocycles. The number of ether oxygens (including phenoxy) is 2. The molecular formula is C15H22F2N2O4S. The van der Waals surface area contributed by atoms with Gasteiger partial charge in [-0.15, -0.1) is 0 Å². The molecule has 1 fully saturated rings. The minimum absolute atomic E-state index is 0.00411. The zero-order valence-corrected chi connectivity index (χ0v) is 14.1. The SMILES string of the molecule is NCCCOC1CCN(S(=O)(=O)c2ccccc2OC(F)F)CC1. The van der Waals surface area contributed by atoms with Crippen LogP contribution in [0.5, 0.6) is 5.75 Å². The molecule has 1 saturated heterocycles. The number of hydrogen-bond acceptors (Lipinski definition) is 5. The lowest BCUT2D eigenvalue weighted by molar-refractivity contribution is -0.0518. The van der Waals surface area contributed by atoms with Gasteiger partial charge in [0.05, 0.1) is 6.10 Å². The largest absolute Gasteiger partial charge is 0.433 e. The second kappa shape index (κ2) is 8.70. The van der Waals surface area contributed by atoms with Crippen LogP contribution in [0.2, 0.25) is 0 Å². The second-order valence-corrected chi connectivity index (χ2v) is 7.35. The molecule has 136 valence electrons. The van der Waals surface area contributed by atoms with E-state index in [9.17, 15) is 17.2 Å². The molecule has 0 aliphatic carbocycles. The number of para-hydroxylation sites is 1. The van der Waals surface area contributed by atoms with E-state index in [2.05, 4.69) is 4.74 Å². The monoisotopic (exact) mass is 364 g/mol. The summed E-state index contributed by atoms with van der Waals surface area (Å²) < 4.78 is 61.6. The van der Waals surface area contributed by atoms with Gasteiger partial charge in [0.2, 0.25) is 10.0 Å². The summed E-state index contributed by atoms with van der Waals surface area (Å²) in [7, 11) is -3.89. The Labute approximate surface area is 140 Å². The van der Waals surface area contributed by atoms with Crippen LogP contribution in [0.3, 0.4) is 0 Å². The van der Waals surface area contributed by atoms with Crippen molar-refractivity contribution in [3.63, 3.8) is 0 Å². The molecule has 6 nitrogen and oxygen atoms in total. The number of nitrogens with zero attached hydrogens (tertiary/aromatic N) is 1. The molecule has 0 unspecified atom stereocenters. The van der Waals surface area contributed by atoms with E-state index in [4.69, 9.17) is 10.5 Å². The lowest BCUT2D eigenvalue weighted by Gasteiger charge is -2.31. The first-order chi connectivity index (χ1) is 11.4. The number of rotatable bonds is 8. The van der Waals surface area contributed by atoms with Gasteiger partial charge in [-0.05, 0) is 37.9 Å². The first-order valence-electron chi connectivity index (χ1n) is 7.81. The second-order valence-electron chi connectivity index (χ2n) is 5.44. The number of alkyl halides is 2. The van der Waals surface area contributed by atoms with Gasteiger partial charge in [-0.1, -0.05) is 12.1 Å². The van der Waals surface area contributed by atoms with Crippen molar-refractivity contribution in [3.8, 4) is 5.75 Å². The van der Waals surface area contributed by atoms with Crippen LogP contribution in [-0.2, 0) is 14.8 Å². The molecule has 0 saturated carbocycles. The van der Waals surface area contributed by atoms with Crippen LogP contribution < -0.4 is 10.5 Å². The molecule has 0 amide bonds. The van der Waals surface area contributed by atoms with Crippen LogP contribution in [0.4, 0.5) is 8.78 Å². The fraction of sp³-hybridized carbons (Fsp3) is 0.600. The van der Waals surface area contributed by atoms with Gasteiger partial charge in [0.15, 0.2) is 0 Å². The Morgan fingerprint density at radius 3 is 2.54 bits per heavy atom. The Balaban J connectivity index is 2.04. The van der Waals surface area contributed by atoms with Crippen LogP contribution in [0.25, 0.3) is 0 Å². The van der Waals surface area contributed by atoms with Gasteiger partial charge in [-0.25, -0.2) is 8.42 Å². The van der Waals surface area contributed by atoms with Crippen LogP contribution in [0.15, 0.2) is 29.2 Å². The van der Waals surface area contributed by atoms with Gasteiger partial charge in [0, 0.05) is 19.7 Å². The maximum atomic E-state index is 12.7. The van der Waals surface area contributed by atoms with E-state index in [1.54, 1.807) is 0 Å². The van der Waals surface area contributed by atoms with Gasteiger partial charge < -0.3 is 15.2 Å². The van der Waals surface area contributed by atoms with Crippen molar-refractivity contribution in [2.45, 2.75) is 36.9 Å². The Bertz CT molecular complexity index is 620. The topological polar surface area (TPSA) is 81.9 Å². The summed E-state index contributed by atoms with van der Waals surface area (Å²) in [5, 5.41) is 0. The predicted molar refractivity (Wildman–Crippen MR) is 84.5 cm³/mol. The van der Waals surface area contributed by atoms with Crippen molar-refractivity contribution in [2.75, 3.05) is 26.2 Å². The first kappa shape index (κ1) is 19.0. The third-order valence-corrected chi connectivity index (χ3v) is 5.72. The fourth-order valence-corrected chi connectivity index (χ4v) is 4.16. The molecule has 24 heavy (non-hydrogen) atoms. The summed E-state index contributed by atoms with van der Waals surface area (Å²) in [6, 6.07) is 5.43. The zero-order valence-electron chi connectivity index (χ0n) is 13.2. The van der Waals surface area contributed by atoms with E-state index in [0.717, 1.165) is 6.42 Å². The normalized spacial score (nSPS) is 17.3. The number of benzene rings is 1. The van der Waals surface area contributed by atoms with Crippen LogP contribution in [-0.4, -0.2) is 51.7 Å². The summed E-state index contributed by atoms with van der Waals surface area (Å²) in [5.41, 5.74) is 5.40. The number of sulfonamides is 1. The molecule has 1 aromatic rings. The molecule has 0 aromatic heterocycles. The van der Waals surface area contributed by atoms with E-state index < -0.39 is 16.6 Å². The minimum Gasteiger partial charge on any atom is -0.433 e. The van der Waals surface area contributed by atoms with Gasteiger partial charge in [0.25, 0.3) is 0 Å². The zero-order chi connectivity index (χ0) is 17.6. The third-order valence-electron chi connectivity index (χ3n) is 3.79. The highest BCUT2D eigenvalue weighted by Gasteiger charge is 2.32. The Morgan fingerprint density at radius 2 is 1.92 bits per heavy atom. The van der Waals surface area contributed by atoms with Crippen molar-refractivity contribution in [3.05, 3.63) is 24.3 Å². The van der Waals surface area contributed by atoms with Gasteiger partial charge >= 0.3 is 6.61 Å². The van der Waals surface area contributed by atoms with Crippen molar-refractivity contribution < 1.29 is 26.7 Å². The van der Waals surface area contributed by atoms with E-state index in [1.807, 2.05) is 0 Å². The Kier molecular flexibility index (Phi) is 6.90. The van der Waals surface area contributed by atoms with Crippen molar-refractivity contribution in [2.24, 2.45) is 5.73 Å². The molecule has 1 heterocycles. The lowest BCUT2D eigenvalue weighted by atomic mass is 10.1. The molecule has 2 rings (SSSR count). The van der Waals surface area contributed by atoms with Crippen molar-refractivity contribution >= 4 is 10.0 Å². The molecule has 0 bridgehead atoms. The van der Waals surface area contributed by atoms with E-state index >= 15 is 0 Å². The van der Waals surface area contributed by atoms with Gasteiger partial charge in [-0.3, -0.25) is 0 Å². The maximum absolute atomic E-state index is 12.7. The van der Waals surface area contributed by atoms with Crippen LogP contribution in [0.1, 0.15) is 19.3 Å². The molecule has 9 heteroatoms. The standard InChI is InChI=1S/C15H22F2N2O4S/c16-15(17)23-13-4-1-2-5-14(13)24(20,21)19-9-6-12(7-10-19)22-11-3-8-18/h1-2,4-5,12,15H,3,6-11,18H2. The molecule has 2 N–H and O–H groups in total. The van der Waals surface area contributed by atoms with Gasteiger partial charge in [-0.2, -0.15) is 13.1 Å². The van der Waals surface area contributed by atoms with Crippen molar-refractivity contribution in [1.29, 1.82) is 0 Å². The highest BCUT2D eigenvalue weighted by Crippen LogP contribution is 2.29. The quantitative estimate of drug-likeness (QED) is 0.712. The lowest BCUT2D eigenvalue weighted by Crippen LogP contribution is -2.41. The average Bonchev–Trinajstić information content (AvgIpc) is 2.55. The smallest absolute Gasteiger partial charge is 0.387 e. The van der Waals surface area contributed by atoms with E-state index in [0.29, 0.717) is 26.0 Å². The fourth-order valence-electron chi connectivity index (χ4n) is 2.57. The molecule has 0 spiro atoms. The van der Waals surface area contributed by atoms with E-state index in [1.165, 1.54) is 28.6 Å². The van der Waals surface area contributed by atoms with Gasteiger partial charge in [0.1, 0.15) is 10.6 Å². The number of halogens is 2. The highest BCUT2D eigenvalue weighted by molar-refractivity contribution is 7.89. The summed E-state index contributed by atoms with van der Waals surface area (Å²) in [4.78, 5) is -0.243. The molecule has 1 aliphatic rings. The molecule has 0 atom stereocenters. The summed E-state index contributed by atoms with van der Waals surface area (Å²) in [6.45, 7) is -1.42.